The summed E-state index contributed by atoms with van der Waals surface area (Å²) in [6.07, 6.45) is 3.03. The Bertz CT molecular complexity index is 1650. The van der Waals surface area contributed by atoms with E-state index in [1.165, 1.54) is 6.08 Å². The number of carbonyl (C=O) groups is 1. The maximum atomic E-state index is 12.7. The zero-order chi connectivity index (χ0) is 25.4. The molecule has 7 heteroatoms. The van der Waals surface area contributed by atoms with Crippen LogP contribution in [0.3, 0.4) is 0 Å². The largest absolute Gasteiger partial charge is 0.457 e. The number of fused-ring (bicyclic) bond motifs is 1. The molecule has 0 unspecified atom stereocenters. The van der Waals surface area contributed by atoms with Crippen LogP contribution in [0.25, 0.3) is 40.0 Å². The summed E-state index contributed by atoms with van der Waals surface area (Å²) < 4.78 is 11.9. The summed E-state index contributed by atoms with van der Waals surface area (Å²) in [6, 6.07) is 18.5. The van der Waals surface area contributed by atoms with Gasteiger partial charge in [0.2, 0.25) is 11.8 Å². The normalized spacial score (nSPS) is 11.5. The standard InChI is InChI=1S/C29H22Cl2N2O3/c1-16-12-18(3)28-25(13-16)33-29(36-28)19-5-4-17(2)24(14-19)32-27(34)11-8-21-7-10-26(35-21)22-9-6-20(30)15-23(22)31/h4-15H,1-3H3,(H,32,34)/b11-8+. The summed E-state index contributed by atoms with van der Waals surface area (Å²) in [7, 11) is 0. The number of rotatable bonds is 5. The van der Waals surface area contributed by atoms with Gasteiger partial charge in [-0.1, -0.05) is 35.3 Å². The number of amides is 1. The molecule has 180 valence electrons. The van der Waals surface area contributed by atoms with Crippen LogP contribution >= 0.6 is 23.2 Å². The minimum absolute atomic E-state index is 0.290. The van der Waals surface area contributed by atoms with Crippen molar-refractivity contribution in [2.24, 2.45) is 0 Å². The van der Waals surface area contributed by atoms with E-state index in [9.17, 15) is 4.79 Å². The number of aryl methyl sites for hydroxylation is 3. The van der Waals surface area contributed by atoms with E-state index in [1.807, 2.05) is 45.0 Å². The number of oxazole rings is 1. The summed E-state index contributed by atoms with van der Waals surface area (Å²) in [4.78, 5) is 17.3. The average Bonchev–Trinajstić information content (AvgIpc) is 3.47. The second-order valence-corrected chi connectivity index (χ2v) is 9.47. The van der Waals surface area contributed by atoms with Gasteiger partial charge in [-0.15, -0.1) is 0 Å². The van der Waals surface area contributed by atoms with Crippen molar-refractivity contribution in [1.29, 1.82) is 0 Å². The molecule has 3 aromatic carbocycles. The number of aromatic nitrogens is 1. The minimum Gasteiger partial charge on any atom is -0.457 e. The van der Waals surface area contributed by atoms with Crippen LogP contribution in [-0.2, 0) is 4.79 Å². The smallest absolute Gasteiger partial charge is 0.248 e. The molecule has 2 heterocycles. The zero-order valence-electron chi connectivity index (χ0n) is 19.9. The van der Waals surface area contributed by atoms with Crippen LogP contribution in [0, 0.1) is 20.8 Å². The van der Waals surface area contributed by atoms with Crippen molar-refractivity contribution in [2.75, 3.05) is 5.32 Å². The maximum Gasteiger partial charge on any atom is 0.248 e. The lowest BCUT2D eigenvalue weighted by atomic mass is 10.1. The first-order valence-electron chi connectivity index (χ1n) is 11.3. The molecule has 0 spiro atoms. The molecule has 0 radical (unpaired) electrons. The Kier molecular flexibility index (Phi) is 6.44. The molecule has 36 heavy (non-hydrogen) atoms. The zero-order valence-corrected chi connectivity index (χ0v) is 21.4. The fraction of sp³-hybridized carbons (Fsp3) is 0.103. The number of furan rings is 1. The van der Waals surface area contributed by atoms with Gasteiger partial charge in [0.15, 0.2) is 5.58 Å². The van der Waals surface area contributed by atoms with Crippen molar-refractivity contribution in [2.45, 2.75) is 20.8 Å². The fourth-order valence-corrected chi connectivity index (χ4v) is 4.50. The highest BCUT2D eigenvalue weighted by atomic mass is 35.5. The number of hydrogen-bond acceptors (Lipinski definition) is 4. The number of anilines is 1. The molecule has 2 aromatic heterocycles. The van der Waals surface area contributed by atoms with Gasteiger partial charge in [-0.3, -0.25) is 4.79 Å². The number of carbonyl (C=O) groups excluding carboxylic acids is 1. The van der Waals surface area contributed by atoms with Gasteiger partial charge in [-0.05, 0) is 92.1 Å². The highest BCUT2D eigenvalue weighted by Crippen LogP contribution is 2.32. The summed E-state index contributed by atoms with van der Waals surface area (Å²) in [5, 5.41) is 3.97. The Hall–Kier alpha value is -3.80. The average molecular weight is 517 g/mol. The predicted molar refractivity (Wildman–Crippen MR) is 145 cm³/mol. The van der Waals surface area contributed by atoms with Gasteiger partial charge < -0.3 is 14.2 Å². The Morgan fingerprint density at radius 2 is 1.75 bits per heavy atom. The van der Waals surface area contributed by atoms with Crippen LogP contribution in [0.1, 0.15) is 22.5 Å². The fourth-order valence-electron chi connectivity index (χ4n) is 4.00. The maximum absolute atomic E-state index is 12.7. The Morgan fingerprint density at radius 1 is 0.917 bits per heavy atom. The molecule has 1 N–H and O–H groups in total. The van der Waals surface area contributed by atoms with E-state index in [4.69, 9.17) is 32.0 Å². The molecule has 5 rings (SSSR count). The molecule has 1 amide bonds. The summed E-state index contributed by atoms with van der Waals surface area (Å²) in [5.41, 5.74) is 6.84. The lowest BCUT2D eigenvalue weighted by Crippen LogP contribution is -2.09. The summed E-state index contributed by atoms with van der Waals surface area (Å²) >= 11 is 12.2. The molecule has 0 fully saturated rings. The molecule has 0 aliphatic rings. The van der Waals surface area contributed by atoms with Crippen molar-refractivity contribution >= 4 is 52.0 Å². The molecule has 5 aromatic rings. The van der Waals surface area contributed by atoms with Gasteiger partial charge in [0.05, 0.1) is 5.02 Å². The van der Waals surface area contributed by atoms with Crippen molar-refractivity contribution < 1.29 is 13.6 Å². The number of nitrogens with one attached hydrogen (secondary N) is 1. The minimum atomic E-state index is -0.290. The van der Waals surface area contributed by atoms with Crippen LogP contribution in [-0.4, -0.2) is 10.9 Å². The number of nitrogens with zero attached hydrogens (tertiary/aromatic N) is 1. The lowest BCUT2D eigenvalue weighted by molar-refractivity contribution is -0.111. The van der Waals surface area contributed by atoms with Gasteiger partial charge >= 0.3 is 0 Å². The van der Waals surface area contributed by atoms with E-state index in [0.717, 1.165) is 38.9 Å². The summed E-state index contributed by atoms with van der Waals surface area (Å²) in [6.45, 7) is 5.96. The lowest BCUT2D eigenvalue weighted by Gasteiger charge is -2.08. The van der Waals surface area contributed by atoms with Gasteiger partial charge in [-0.2, -0.15) is 0 Å². The first-order valence-corrected chi connectivity index (χ1v) is 12.1. The van der Waals surface area contributed by atoms with Crippen molar-refractivity contribution in [3.63, 3.8) is 0 Å². The molecule has 0 saturated heterocycles. The second kappa shape index (κ2) is 9.69. The van der Waals surface area contributed by atoms with Gasteiger partial charge in [-0.25, -0.2) is 4.98 Å². The van der Waals surface area contributed by atoms with E-state index in [2.05, 4.69) is 16.4 Å². The highest BCUT2D eigenvalue weighted by Gasteiger charge is 2.13. The number of halogens is 2. The topological polar surface area (TPSA) is 68.3 Å². The first-order chi connectivity index (χ1) is 17.3. The van der Waals surface area contributed by atoms with Gasteiger partial charge in [0, 0.05) is 27.9 Å². The van der Waals surface area contributed by atoms with Gasteiger partial charge in [0.25, 0.3) is 0 Å². The van der Waals surface area contributed by atoms with E-state index in [1.54, 1.807) is 36.4 Å². The third kappa shape index (κ3) is 4.94. The van der Waals surface area contributed by atoms with E-state index >= 15 is 0 Å². The van der Waals surface area contributed by atoms with Gasteiger partial charge in [0.1, 0.15) is 17.0 Å². The number of hydrogen-bond donors (Lipinski definition) is 1. The van der Waals surface area contributed by atoms with Crippen LogP contribution in [0.5, 0.6) is 0 Å². The van der Waals surface area contributed by atoms with Crippen LogP contribution < -0.4 is 5.32 Å². The number of benzene rings is 3. The Balaban J connectivity index is 1.33. The molecule has 0 atom stereocenters. The molecule has 0 aliphatic carbocycles. The predicted octanol–water partition coefficient (Wildman–Crippen LogP) is 8.64. The molecular weight excluding hydrogens is 495 g/mol. The molecular formula is C29H22Cl2N2O3. The summed E-state index contributed by atoms with van der Waals surface area (Å²) in [5.74, 6) is 1.33. The highest BCUT2D eigenvalue weighted by molar-refractivity contribution is 6.36. The second-order valence-electron chi connectivity index (χ2n) is 8.63. The van der Waals surface area contributed by atoms with Crippen LogP contribution in [0.15, 0.2) is 75.6 Å². The van der Waals surface area contributed by atoms with E-state index in [-0.39, 0.29) is 5.91 Å². The first kappa shape index (κ1) is 23.9. The quantitative estimate of drug-likeness (QED) is 0.237. The van der Waals surface area contributed by atoms with Crippen LogP contribution in [0.4, 0.5) is 5.69 Å². The van der Waals surface area contributed by atoms with Crippen molar-refractivity contribution in [3.8, 4) is 22.8 Å². The van der Waals surface area contributed by atoms with E-state index in [0.29, 0.717) is 33.1 Å². The third-order valence-electron chi connectivity index (χ3n) is 5.78. The van der Waals surface area contributed by atoms with Crippen LogP contribution in [0.2, 0.25) is 10.0 Å². The molecule has 0 saturated carbocycles. The van der Waals surface area contributed by atoms with Crippen molar-refractivity contribution in [1.82, 2.24) is 4.98 Å². The SMILES string of the molecule is Cc1cc(C)c2oc(-c3ccc(C)c(NC(=O)/C=C/c4ccc(-c5ccc(Cl)cc5Cl)o4)c3)nc2c1. The Morgan fingerprint density at radius 3 is 2.56 bits per heavy atom. The molecule has 0 aliphatic heterocycles. The molecule has 5 nitrogen and oxygen atoms in total. The third-order valence-corrected chi connectivity index (χ3v) is 6.33. The monoisotopic (exact) mass is 516 g/mol. The van der Waals surface area contributed by atoms with Crippen molar-refractivity contribution in [3.05, 3.63) is 99.2 Å². The Labute approximate surface area is 218 Å². The molecule has 0 bridgehead atoms. The van der Waals surface area contributed by atoms with E-state index < -0.39 is 0 Å².